The number of aliphatic imine (C=N–C) groups is 1. The van der Waals surface area contributed by atoms with E-state index in [-0.39, 0.29) is 6.04 Å². The van der Waals surface area contributed by atoms with Gasteiger partial charge in [0.05, 0.1) is 15.6 Å². The van der Waals surface area contributed by atoms with Gasteiger partial charge in [-0.1, -0.05) is 71.7 Å². The summed E-state index contributed by atoms with van der Waals surface area (Å²) < 4.78 is 5.76. The van der Waals surface area contributed by atoms with Crippen LogP contribution in [0.25, 0.3) is 11.1 Å². The molecule has 1 aliphatic rings. The number of aromatic nitrogens is 1. The summed E-state index contributed by atoms with van der Waals surface area (Å²) in [4.78, 5) is 8.63. The molecular weight excluding hydrogens is 367 g/mol. The van der Waals surface area contributed by atoms with Crippen LogP contribution >= 0.6 is 23.2 Å². The molecule has 0 spiro atoms. The maximum Gasteiger partial charge on any atom is 0.220 e. The van der Waals surface area contributed by atoms with Crippen molar-refractivity contribution in [1.82, 2.24) is 4.98 Å². The number of hydrogen-bond donors (Lipinski definition) is 0. The first-order valence-corrected chi connectivity index (χ1v) is 9.05. The summed E-state index contributed by atoms with van der Waals surface area (Å²) in [5.74, 6) is 0.468. The average Bonchev–Trinajstić information content (AvgIpc) is 3.12. The molecule has 0 radical (unpaired) electrons. The SMILES string of the molecule is Cc1ccccc1-c1ccc(C2COC(c3c(Cl)cncc3Cl)=N2)cc1. The van der Waals surface area contributed by atoms with Gasteiger partial charge in [0.25, 0.3) is 0 Å². The summed E-state index contributed by atoms with van der Waals surface area (Å²) in [6.07, 6.45) is 3.08. The minimum absolute atomic E-state index is 0.0729. The van der Waals surface area contributed by atoms with Gasteiger partial charge >= 0.3 is 0 Å². The second kappa shape index (κ2) is 7.10. The average molecular weight is 383 g/mol. The summed E-state index contributed by atoms with van der Waals surface area (Å²) in [5, 5.41) is 0.874. The number of nitrogens with zero attached hydrogens (tertiary/aromatic N) is 2. The predicted molar refractivity (Wildman–Crippen MR) is 106 cm³/mol. The highest BCUT2D eigenvalue weighted by Gasteiger charge is 2.25. The van der Waals surface area contributed by atoms with Gasteiger partial charge < -0.3 is 4.74 Å². The Morgan fingerprint density at radius 2 is 1.65 bits per heavy atom. The third-order valence-corrected chi connectivity index (χ3v) is 5.04. The van der Waals surface area contributed by atoms with E-state index >= 15 is 0 Å². The van der Waals surface area contributed by atoms with Gasteiger partial charge in [0.1, 0.15) is 12.6 Å². The molecule has 5 heteroatoms. The number of benzene rings is 2. The Morgan fingerprint density at radius 1 is 0.962 bits per heavy atom. The van der Waals surface area contributed by atoms with Gasteiger partial charge in [0, 0.05) is 12.4 Å². The molecule has 1 aliphatic heterocycles. The number of hydrogen-bond acceptors (Lipinski definition) is 3. The van der Waals surface area contributed by atoms with E-state index in [1.54, 1.807) is 12.4 Å². The second-order valence-corrected chi connectivity index (χ2v) is 6.99. The third kappa shape index (κ3) is 3.20. The monoisotopic (exact) mass is 382 g/mol. The zero-order valence-electron chi connectivity index (χ0n) is 14.1. The molecule has 3 nitrogen and oxygen atoms in total. The highest BCUT2D eigenvalue weighted by molar-refractivity contribution is 6.39. The van der Waals surface area contributed by atoms with Crippen molar-refractivity contribution < 1.29 is 4.74 Å². The molecule has 3 aromatic rings. The summed E-state index contributed by atoms with van der Waals surface area (Å²) in [6, 6.07) is 16.7. The first kappa shape index (κ1) is 17.1. The van der Waals surface area contributed by atoms with E-state index in [0.717, 1.165) is 5.56 Å². The predicted octanol–water partition coefficient (Wildman–Crippen LogP) is 5.88. The minimum atomic E-state index is -0.0729. The van der Waals surface area contributed by atoms with Crippen LogP contribution in [0.2, 0.25) is 10.0 Å². The topological polar surface area (TPSA) is 34.5 Å². The van der Waals surface area contributed by atoms with Crippen molar-refractivity contribution in [1.29, 1.82) is 0 Å². The van der Waals surface area contributed by atoms with Crippen LogP contribution in [-0.4, -0.2) is 17.5 Å². The molecule has 1 unspecified atom stereocenters. The summed E-state index contributed by atoms with van der Waals surface area (Å²) in [5.41, 5.74) is 5.38. The summed E-state index contributed by atoms with van der Waals surface area (Å²) >= 11 is 12.4. The fourth-order valence-electron chi connectivity index (χ4n) is 3.08. The smallest absolute Gasteiger partial charge is 0.220 e. The van der Waals surface area contributed by atoms with E-state index in [2.05, 4.69) is 65.4 Å². The zero-order chi connectivity index (χ0) is 18.1. The largest absolute Gasteiger partial charge is 0.475 e. The molecule has 26 heavy (non-hydrogen) atoms. The van der Waals surface area contributed by atoms with Gasteiger partial charge in [-0.05, 0) is 29.2 Å². The van der Waals surface area contributed by atoms with Crippen molar-refractivity contribution in [3.63, 3.8) is 0 Å². The van der Waals surface area contributed by atoms with Gasteiger partial charge in [-0.15, -0.1) is 0 Å². The van der Waals surface area contributed by atoms with E-state index in [9.17, 15) is 0 Å². The molecule has 2 heterocycles. The van der Waals surface area contributed by atoms with Crippen molar-refractivity contribution >= 4 is 29.1 Å². The maximum absolute atomic E-state index is 6.20. The van der Waals surface area contributed by atoms with E-state index in [4.69, 9.17) is 27.9 Å². The molecule has 2 aromatic carbocycles. The Labute approximate surface area is 162 Å². The zero-order valence-corrected chi connectivity index (χ0v) is 15.6. The van der Waals surface area contributed by atoms with Gasteiger partial charge in [0.2, 0.25) is 5.90 Å². The molecule has 0 amide bonds. The lowest BCUT2D eigenvalue weighted by Gasteiger charge is -2.09. The maximum atomic E-state index is 6.20. The highest BCUT2D eigenvalue weighted by Crippen LogP contribution is 2.32. The molecule has 0 fully saturated rings. The van der Waals surface area contributed by atoms with Crippen LogP contribution in [0.4, 0.5) is 0 Å². The molecule has 0 saturated heterocycles. The molecule has 1 aromatic heterocycles. The summed E-state index contributed by atoms with van der Waals surface area (Å²) in [6.45, 7) is 2.58. The van der Waals surface area contributed by atoms with Crippen LogP contribution in [0.15, 0.2) is 65.9 Å². The fraction of sp³-hybridized carbons (Fsp3) is 0.143. The van der Waals surface area contributed by atoms with E-state index in [1.165, 1.54) is 16.7 Å². The Balaban J connectivity index is 1.61. The Bertz CT molecular complexity index is 963. The number of rotatable bonds is 3. The van der Waals surface area contributed by atoms with E-state index in [0.29, 0.717) is 28.1 Å². The van der Waals surface area contributed by atoms with Crippen LogP contribution in [0, 0.1) is 6.92 Å². The number of aryl methyl sites for hydroxylation is 1. The number of ether oxygens (including phenoxy) is 1. The van der Waals surface area contributed by atoms with Gasteiger partial charge in [0.15, 0.2) is 0 Å². The first-order chi connectivity index (χ1) is 12.6. The van der Waals surface area contributed by atoms with Crippen LogP contribution in [0.3, 0.4) is 0 Å². The molecule has 0 saturated carbocycles. The summed E-state index contributed by atoms with van der Waals surface area (Å²) in [7, 11) is 0. The first-order valence-electron chi connectivity index (χ1n) is 8.29. The lowest BCUT2D eigenvalue weighted by Crippen LogP contribution is -2.03. The fourth-order valence-corrected chi connectivity index (χ4v) is 3.60. The van der Waals surface area contributed by atoms with Gasteiger partial charge in [-0.3, -0.25) is 4.98 Å². The highest BCUT2D eigenvalue weighted by atomic mass is 35.5. The normalized spacial score (nSPS) is 16.3. The van der Waals surface area contributed by atoms with Crippen LogP contribution in [0.5, 0.6) is 0 Å². The molecule has 0 N–H and O–H groups in total. The Morgan fingerprint density at radius 3 is 2.35 bits per heavy atom. The number of pyridine rings is 1. The van der Waals surface area contributed by atoms with Crippen LogP contribution in [0.1, 0.15) is 22.7 Å². The molecule has 1 atom stereocenters. The van der Waals surface area contributed by atoms with E-state index in [1.807, 2.05) is 0 Å². The van der Waals surface area contributed by atoms with Crippen LogP contribution in [-0.2, 0) is 4.74 Å². The van der Waals surface area contributed by atoms with Crippen molar-refractivity contribution in [3.8, 4) is 11.1 Å². The van der Waals surface area contributed by atoms with Crippen molar-refractivity contribution in [2.45, 2.75) is 13.0 Å². The lowest BCUT2D eigenvalue weighted by molar-refractivity contribution is 0.320. The van der Waals surface area contributed by atoms with Crippen molar-refractivity contribution in [2.75, 3.05) is 6.61 Å². The molecule has 0 aliphatic carbocycles. The standard InChI is InChI=1S/C21H16Cl2N2O/c1-13-4-2-3-5-16(13)14-6-8-15(9-7-14)19-12-26-21(25-19)20-17(22)10-24-11-18(20)23/h2-11,19H,12H2,1H3. The minimum Gasteiger partial charge on any atom is -0.475 e. The number of halogens is 2. The lowest BCUT2D eigenvalue weighted by atomic mass is 9.98. The van der Waals surface area contributed by atoms with Crippen LogP contribution < -0.4 is 0 Å². The van der Waals surface area contributed by atoms with Gasteiger partial charge in [-0.2, -0.15) is 0 Å². The second-order valence-electron chi connectivity index (χ2n) is 6.18. The molecule has 130 valence electrons. The quantitative estimate of drug-likeness (QED) is 0.566. The van der Waals surface area contributed by atoms with Gasteiger partial charge in [-0.25, -0.2) is 4.99 Å². The van der Waals surface area contributed by atoms with Crippen molar-refractivity contribution in [3.05, 3.63) is 87.7 Å². The van der Waals surface area contributed by atoms with Crippen molar-refractivity contribution in [2.24, 2.45) is 4.99 Å². The molecular formula is C21H16Cl2N2O. The Kier molecular flexibility index (Phi) is 4.66. The van der Waals surface area contributed by atoms with E-state index < -0.39 is 0 Å². The Hall–Kier alpha value is -2.36. The third-order valence-electron chi connectivity index (χ3n) is 4.47. The molecule has 0 bridgehead atoms. The molecule has 4 rings (SSSR count).